The molecule has 0 heterocycles. The van der Waals surface area contributed by atoms with Crippen molar-refractivity contribution in [1.82, 2.24) is 0 Å². The first-order valence-corrected chi connectivity index (χ1v) is 5.12. The lowest BCUT2D eigenvalue weighted by Crippen LogP contribution is -2.06. The Morgan fingerprint density at radius 3 is 2.53 bits per heavy atom. The molecule has 0 spiro atoms. The molecule has 0 aliphatic rings. The topological polar surface area (TPSA) is 26.3 Å². The summed E-state index contributed by atoms with van der Waals surface area (Å²) < 4.78 is 16.7. The van der Waals surface area contributed by atoms with E-state index in [-0.39, 0.29) is 12.6 Å². The van der Waals surface area contributed by atoms with E-state index in [1.807, 2.05) is 6.07 Å². The van der Waals surface area contributed by atoms with Crippen molar-refractivity contribution in [3.8, 4) is 0 Å². The molecule has 0 saturated heterocycles. The number of hydrogen-bond acceptors (Lipinski definition) is 2. The first-order chi connectivity index (χ1) is 7.34. The summed E-state index contributed by atoms with van der Waals surface area (Å²) >= 11 is 0. The number of esters is 1. The van der Waals surface area contributed by atoms with E-state index in [0.717, 1.165) is 12.8 Å². The SMILES string of the molecule is O=C(OCCCCCF)c1ccccc1. The smallest absolute Gasteiger partial charge is 0.338 e. The van der Waals surface area contributed by atoms with Crippen molar-refractivity contribution in [2.24, 2.45) is 0 Å². The highest BCUT2D eigenvalue weighted by molar-refractivity contribution is 5.89. The minimum atomic E-state index is -0.309. The molecule has 15 heavy (non-hydrogen) atoms. The van der Waals surface area contributed by atoms with Crippen molar-refractivity contribution in [2.45, 2.75) is 19.3 Å². The number of unbranched alkanes of at least 4 members (excludes halogenated alkanes) is 2. The summed E-state index contributed by atoms with van der Waals surface area (Å²) in [5.74, 6) is -0.309. The lowest BCUT2D eigenvalue weighted by atomic mass is 10.2. The van der Waals surface area contributed by atoms with Gasteiger partial charge in [0.25, 0.3) is 0 Å². The fourth-order valence-electron chi connectivity index (χ4n) is 1.20. The molecule has 82 valence electrons. The number of hydrogen-bond donors (Lipinski definition) is 0. The van der Waals surface area contributed by atoms with Gasteiger partial charge in [0.15, 0.2) is 0 Å². The summed E-state index contributed by atoms with van der Waals surface area (Å²) in [6.07, 6.45) is 2.03. The van der Waals surface area contributed by atoms with E-state index in [1.54, 1.807) is 24.3 Å². The Bertz CT molecular complexity index is 285. The molecule has 0 saturated carbocycles. The molecule has 0 radical (unpaired) electrons. The summed E-state index contributed by atoms with van der Waals surface area (Å²) in [5, 5.41) is 0. The van der Waals surface area contributed by atoms with Crippen LogP contribution in [-0.4, -0.2) is 19.3 Å². The highest BCUT2D eigenvalue weighted by atomic mass is 19.1. The number of benzene rings is 1. The normalized spacial score (nSPS) is 9.93. The zero-order valence-electron chi connectivity index (χ0n) is 8.62. The molecule has 0 fully saturated rings. The summed E-state index contributed by atoms with van der Waals surface area (Å²) in [6.45, 7) is 0.0698. The monoisotopic (exact) mass is 210 g/mol. The Labute approximate surface area is 89.1 Å². The van der Waals surface area contributed by atoms with Crippen LogP contribution in [-0.2, 0) is 4.74 Å². The molecule has 0 atom stereocenters. The molecule has 0 amide bonds. The number of rotatable bonds is 6. The van der Waals surface area contributed by atoms with Crippen molar-refractivity contribution < 1.29 is 13.9 Å². The van der Waals surface area contributed by atoms with E-state index in [4.69, 9.17) is 4.74 Å². The van der Waals surface area contributed by atoms with Gasteiger partial charge in [-0.05, 0) is 31.4 Å². The molecule has 0 aliphatic heterocycles. The van der Waals surface area contributed by atoms with Gasteiger partial charge >= 0.3 is 5.97 Å². The van der Waals surface area contributed by atoms with Crippen molar-refractivity contribution in [3.05, 3.63) is 35.9 Å². The van der Waals surface area contributed by atoms with Crippen LogP contribution in [0.3, 0.4) is 0 Å². The molecule has 0 bridgehead atoms. The molecular weight excluding hydrogens is 195 g/mol. The van der Waals surface area contributed by atoms with Gasteiger partial charge in [-0.15, -0.1) is 0 Å². The zero-order chi connectivity index (χ0) is 10.9. The Kier molecular flexibility index (Phi) is 5.44. The second-order valence-corrected chi connectivity index (χ2v) is 3.25. The quantitative estimate of drug-likeness (QED) is 0.533. The summed E-state index contributed by atoms with van der Waals surface area (Å²) in [4.78, 5) is 11.4. The molecule has 0 N–H and O–H groups in total. The van der Waals surface area contributed by atoms with Crippen molar-refractivity contribution in [1.29, 1.82) is 0 Å². The third kappa shape index (κ3) is 4.58. The summed E-state index contributed by atoms with van der Waals surface area (Å²) in [5.41, 5.74) is 0.558. The lowest BCUT2D eigenvalue weighted by Gasteiger charge is -2.03. The van der Waals surface area contributed by atoms with Gasteiger partial charge < -0.3 is 4.74 Å². The van der Waals surface area contributed by atoms with E-state index in [2.05, 4.69) is 0 Å². The number of alkyl halides is 1. The maximum atomic E-state index is 11.7. The van der Waals surface area contributed by atoms with Gasteiger partial charge in [-0.1, -0.05) is 18.2 Å². The maximum absolute atomic E-state index is 11.7. The summed E-state index contributed by atoms with van der Waals surface area (Å²) in [7, 11) is 0. The van der Waals surface area contributed by atoms with Crippen LogP contribution < -0.4 is 0 Å². The van der Waals surface area contributed by atoms with Crippen LogP contribution in [0.1, 0.15) is 29.6 Å². The van der Waals surface area contributed by atoms with Crippen LogP contribution in [0.15, 0.2) is 30.3 Å². The van der Waals surface area contributed by atoms with Crippen molar-refractivity contribution in [2.75, 3.05) is 13.3 Å². The van der Waals surface area contributed by atoms with Crippen LogP contribution in [0, 0.1) is 0 Å². The fraction of sp³-hybridized carbons (Fsp3) is 0.417. The maximum Gasteiger partial charge on any atom is 0.338 e. The highest BCUT2D eigenvalue weighted by Crippen LogP contribution is 2.03. The Morgan fingerprint density at radius 2 is 1.87 bits per heavy atom. The molecule has 0 unspecified atom stereocenters. The number of carbonyl (C=O) groups is 1. The minimum Gasteiger partial charge on any atom is -0.462 e. The van der Waals surface area contributed by atoms with Gasteiger partial charge in [0.2, 0.25) is 0 Å². The fourth-order valence-corrected chi connectivity index (χ4v) is 1.20. The average Bonchev–Trinajstić information content (AvgIpc) is 2.30. The molecule has 1 aromatic carbocycles. The molecular formula is C12H15FO2. The molecule has 0 aliphatic carbocycles. The minimum absolute atomic E-state index is 0.299. The summed E-state index contributed by atoms with van der Waals surface area (Å²) in [6, 6.07) is 8.85. The van der Waals surface area contributed by atoms with Crippen LogP contribution in [0.5, 0.6) is 0 Å². The standard InChI is InChI=1S/C12H15FO2/c13-9-5-2-6-10-15-12(14)11-7-3-1-4-8-11/h1,3-4,7-8H,2,5-6,9-10H2. The number of ether oxygens (including phenoxy) is 1. The molecule has 1 rings (SSSR count). The number of halogens is 1. The first kappa shape index (κ1) is 11.7. The van der Waals surface area contributed by atoms with Crippen LogP contribution in [0.25, 0.3) is 0 Å². The molecule has 0 aromatic heterocycles. The van der Waals surface area contributed by atoms with Gasteiger partial charge in [0.05, 0.1) is 18.8 Å². The third-order valence-corrected chi connectivity index (χ3v) is 2.02. The van der Waals surface area contributed by atoms with Gasteiger partial charge in [-0.2, -0.15) is 0 Å². The van der Waals surface area contributed by atoms with Gasteiger partial charge in [-0.3, -0.25) is 4.39 Å². The second-order valence-electron chi connectivity index (χ2n) is 3.25. The van der Waals surface area contributed by atoms with E-state index >= 15 is 0 Å². The lowest BCUT2D eigenvalue weighted by molar-refractivity contribution is 0.0497. The van der Waals surface area contributed by atoms with Gasteiger partial charge in [0.1, 0.15) is 0 Å². The number of carbonyl (C=O) groups excluding carboxylic acids is 1. The van der Waals surface area contributed by atoms with Crippen LogP contribution in [0.2, 0.25) is 0 Å². The van der Waals surface area contributed by atoms with Gasteiger partial charge in [0, 0.05) is 0 Å². The molecule has 2 nitrogen and oxygen atoms in total. The Hall–Kier alpha value is -1.38. The Morgan fingerprint density at radius 1 is 1.13 bits per heavy atom. The predicted molar refractivity (Wildman–Crippen MR) is 56.6 cm³/mol. The second kappa shape index (κ2) is 6.98. The van der Waals surface area contributed by atoms with Crippen molar-refractivity contribution >= 4 is 5.97 Å². The van der Waals surface area contributed by atoms with Crippen LogP contribution >= 0.6 is 0 Å². The van der Waals surface area contributed by atoms with E-state index in [9.17, 15) is 9.18 Å². The first-order valence-electron chi connectivity index (χ1n) is 5.12. The molecule has 3 heteroatoms. The third-order valence-electron chi connectivity index (χ3n) is 2.02. The van der Waals surface area contributed by atoms with E-state index < -0.39 is 0 Å². The van der Waals surface area contributed by atoms with Crippen LogP contribution in [0.4, 0.5) is 4.39 Å². The van der Waals surface area contributed by atoms with E-state index in [1.165, 1.54) is 0 Å². The van der Waals surface area contributed by atoms with E-state index in [0.29, 0.717) is 18.6 Å². The highest BCUT2D eigenvalue weighted by Gasteiger charge is 2.04. The average molecular weight is 210 g/mol. The van der Waals surface area contributed by atoms with Gasteiger partial charge in [-0.25, -0.2) is 4.79 Å². The molecule has 1 aromatic rings. The predicted octanol–water partition coefficient (Wildman–Crippen LogP) is 2.98. The van der Waals surface area contributed by atoms with Crippen molar-refractivity contribution in [3.63, 3.8) is 0 Å². The largest absolute Gasteiger partial charge is 0.462 e. The Balaban J connectivity index is 2.20. The zero-order valence-corrected chi connectivity index (χ0v) is 8.62.